The first-order valence-corrected chi connectivity index (χ1v) is 8.40. The molecule has 0 aliphatic rings. The molecule has 1 amide bonds. The number of benzene rings is 1. The summed E-state index contributed by atoms with van der Waals surface area (Å²) in [6.07, 6.45) is 2.22. The molecule has 0 aliphatic carbocycles. The molecular weight excluding hydrogens is 336 g/mol. The van der Waals surface area contributed by atoms with Gasteiger partial charge in [-0.3, -0.25) is 4.79 Å². The molecule has 140 valence electrons. The van der Waals surface area contributed by atoms with Crippen molar-refractivity contribution in [2.75, 3.05) is 13.7 Å². The minimum absolute atomic E-state index is 0.0959. The van der Waals surface area contributed by atoms with Crippen LogP contribution in [0.5, 0.6) is 11.5 Å². The molecule has 0 spiro atoms. The number of pyridine rings is 1. The molecule has 0 saturated carbocycles. The first kappa shape index (κ1) is 19.7. The fourth-order valence-corrected chi connectivity index (χ4v) is 2.37. The monoisotopic (exact) mass is 360 g/mol. The largest absolute Gasteiger partial charge is 0.505 e. The third-order valence-electron chi connectivity index (χ3n) is 3.84. The van der Waals surface area contributed by atoms with Crippen molar-refractivity contribution in [2.45, 2.75) is 33.2 Å². The summed E-state index contributed by atoms with van der Waals surface area (Å²) in [7, 11) is 1.60. The van der Waals surface area contributed by atoms with Gasteiger partial charge in [-0.1, -0.05) is 19.1 Å². The van der Waals surface area contributed by atoms with Gasteiger partial charge in [0.05, 0.1) is 26.9 Å². The second-order valence-corrected chi connectivity index (χ2v) is 5.71. The Morgan fingerprint density at radius 3 is 2.58 bits per heavy atom. The molecule has 0 bridgehead atoms. The number of aliphatic hydroxyl groups excluding tert-OH is 1. The lowest BCUT2D eigenvalue weighted by atomic mass is 10.1. The molecule has 1 aromatic heterocycles. The van der Waals surface area contributed by atoms with Gasteiger partial charge >= 0.3 is 0 Å². The maximum Gasteiger partial charge on any atom is 0.273 e. The molecule has 1 heterocycles. The van der Waals surface area contributed by atoms with E-state index in [4.69, 9.17) is 9.47 Å². The highest BCUT2D eigenvalue weighted by atomic mass is 16.5. The molecule has 0 fully saturated rings. The highest BCUT2D eigenvalue weighted by Gasteiger charge is 2.18. The van der Waals surface area contributed by atoms with E-state index in [0.29, 0.717) is 18.7 Å². The van der Waals surface area contributed by atoms with Crippen LogP contribution < -0.4 is 10.1 Å². The fraction of sp³-hybridized carbons (Fsp3) is 0.368. The minimum atomic E-state index is -0.468. The maximum atomic E-state index is 12.0. The van der Waals surface area contributed by atoms with Crippen LogP contribution in [-0.4, -0.2) is 34.8 Å². The molecule has 2 aromatic rings. The Hall–Kier alpha value is -2.64. The third-order valence-corrected chi connectivity index (χ3v) is 3.84. The highest BCUT2D eigenvalue weighted by molar-refractivity contribution is 5.95. The number of nitrogens with zero attached hydrogens (tertiary/aromatic N) is 1. The summed E-state index contributed by atoms with van der Waals surface area (Å²) in [6.45, 7) is 2.51. The molecule has 7 heteroatoms. The number of ether oxygens (including phenoxy) is 2. The zero-order valence-corrected chi connectivity index (χ0v) is 15.0. The second kappa shape index (κ2) is 9.74. The number of rotatable bonds is 9. The van der Waals surface area contributed by atoms with Crippen LogP contribution >= 0.6 is 0 Å². The van der Waals surface area contributed by atoms with Gasteiger partial charge < -0.3 is 25.0 Å². The van der Waals surface area contributed by atoms with E-state index >= 15 is 0 Å². The smallest absolute Gasteiger partial charge is 0.273 e. The van der Waals surface area contributed by atoms with Crippen molar-refractivity contribution in [2.24, 2.45) is 0 Å². The summed E-state index contributed by atoms with van der Waals surface area (Å²) in [5.74, 6) is -0.0150. The molecule has 0 atom stereocenters. The zero-order valence-electron chi connectivity index (χ0n) is 15.0. The van der Waals surface area contributed by atoms with Gasteiger partial charge in [-0.15, -0.1) is 0 Å². The highest BCUT2D eigenvalue weighted by Crippen LogP contribution is 2.25. The van der Waals surface area contributed by atoms with Crippen molar-refractivity contribution in [1.82, 2.24) is 10.3 Å². The number of aromatic nitrogens is 1. The van der Waals surface area contributed by atoms with Crippen molar-refractivity contribution in [3.8, 4) is 11.5 Å². The number of carbonyl (C=O) groups excluding carboxylic acids is 1. The maximum absolute atomic E-state index is 12.0. The normalized spacial score (nSPS) is 10.6. The van der Waals surface area contributed by atoms with Gasteiger partial charge in [0.2, 0.25) is 0 Å². The Bertz CT molecular complexity index is 731. The molecule has 26 heavy (non-hydrogen) atoms. The lowest BCUT2D eigenvalue weighted by Gasteiger charge is -2.13. The van der Waals surface area contributed by atoms with Crippen molar-refractivity contribution in [3.05, 3.63) is 52.8 Å². The van der Waals surface area contributed by atoms with E-state index in [1.165, 1.54) is 6.20 Å². The second-order valence-electron chi connectivity index (χ2n) is 5.71. The molecule has 0 unspecified atom stereocenters. The Morgan fingerprint density at radius 1 is 1.23 bits per heavy atom. The van der Waals surface area contributed by atoms with Crippen LogP contribution in [0, 0.1) is 0 Å². The summed E-state index contributed by atoms with van der Waals surface area (Å²) in [5, 5.41) is 22.5. The third kappa shape index (κ3) is 4.93. The zero-order chi connectivity index (χ0) is 18.9. The summed E-state index contributed by atoms with van der Waals surface area (Å²) >= 11 is 0. The fourth-order valence-electron chi connectivity index (χ4n) is 2.37. The average Bonchev–Trinajstić information content (AvgIpc) is 2.67. The summed E-state index contributed by atoms with van der Waals surface area (Å²) in [4.78, 5) is 16.0. The van der Waals surface area contributed by atoms with Crippen molar-refractivity contribution >= 4 is 5.91 Å². The number of hydrogen-bond donors (Lipinski definition) is 3. The number of nitrogens with one attached hydrogen (secondary N) is 1. The van der Waals surface area contributed by atoms with Gasteiger partial charge in [0, 0.05) is 23.9 Å². The van der Waals surface area contributed by atoms with Crippen LogP contribution in [0.25, 0.3) is 0 Å². The molecular formula is C19H24N2O5. The minimum Gasteiger partial charge on any atom is -0.505 e. The first-order chi connectivity index (χ1) is 12.6. The van der Waals surface area contributed by atoms with E-state index < -0.39 is 12.5 Å². The summed E-state index contributed by atoms with van der Waals surface area (Å²) in [6, 6.07) is 7.47. The molecule has 1 aromatic carbocycles. The van der Waals surface area contributed by atoms with E-state index in [9.17, 15) is 15.0 Å². The number of amides is 1. The van der Waals surface area contributed by atoms with E-state index in [-0.39, 0.29) is 23.6 Å². The van der Waals surface area contributed by atoms with Crippen molar-refractivity contribution in [3.63, 3.8) is 0 Å². The molecule has 2 rings (SSSR count). The van der Waals surface area contributed by atoms with Crippen molar-refractivity contribution < 1.29 is 24.5 Å². The number of hydrogen-bond acceptors (Lipinski definition) is 6. The SMILES string of the molecule is CCCNC(=O)c1ncc(COCc2ccc(OC)cc2)c(CO)c1O. The van der Waals surface area contributed by atoms with Crippen molar-refractivity contribution in [1.29, 1.82) is 0 Å². The number of carbonyl (C=O) groups is 1. The number of aliphatic hydroxyl groups is 1. The molecule has 0 aliphatic heterocycles. The quantitative estimate of drug-likeness (QED) is 0.633. The van der Waals surface area contributed by atoms with Gasteiger partial charge in [0.1, 0.15) is 5.75 Å². The lowest BCUT2D eigenvalue weighted by Crippen LogP contribution is -2.25. The molecule has 7 nitrogen and oxygen atoms in total. The topological polar surface area (TPSA) is 101 Å². The van der Waals surface area contributed by atoms with Crippen LogP contribution in [0.15, 0.2) is 30.5 Å². The predicted molar refractivity (Wildman–Crippen MR) is 95.9 cm³/mol. The predicted octanol–water partition coefficient (Wildman–Crippen LogP) is 2.14. The van der Waals surface area contributed by atoms with E-state index in [0.717, 1.165) is 17.7 Å². The first-order valence-electron chi connectivity index (χ1n) is 8.40. The van der Waals surface area contributed by atoms with E-state index in [2.05, 4.69) is 10.3 Å². The Balaban J connectivity index is 2.04. The van der Waals surface area contributed by atoms with E-state index in [1.54, 1.807) is 7.11 Å². The summed E-state index contributed by atoms with van der Waals surface area (Å²) in [5.41, 5.74) is 1.65. The lowest BCUT2D eigenvalue weighted by molar-refractivity contribution is 0.0942. The molecule has 0 saturated heterocycles. The van der Waals surface area contributed by atoms with Gasteiger partial charge in [-0.05, 0) is 24.1 Å². The van der Waals surface area contributed by atoms with Gasteiger partial charge in [-0.2, -0.15) is 0 Å². The molecule has 3 N–H and O–H groups in total. The Kier molecular flexibility index (Phi) is 7.37. The van der Waals surface area contributed by atoms with Gasteiger partial charge in [0.15, 0.2) is 11.4 Å². The van der Waals surface area contributed by atoms with Crippen LogP contribution in [0.3, 0.4) is 0 Å². The molecule has 0 radical (unpaired) electrons. The Labute approximate surface area is 152 Å². The van der Waals surface area contributed by atoms with Crippen LogP contribution in [0.4, 0.5) is 0 Å². The summed E-state index contributed by atoms with van der Waals surface area (Å²) < 4.78 is 10.7. The van der Waals surface area contributed by atoms with Crippen LogP contribution in [0.2, 0.25) is 0 Å². The van der Waals surface area contributed by atoms with Crippen LogP contribution in [-0.2, 0) is 24.6 Å². The van der Waals surface area contributed by atoms with Gasteiger partial charge in [-0.25, -0.2) is 4.98 Å². The van der Waals surface area contributed by atoms with E-state index in [1.807, 2.05) is 31.2 Å². The van der Waals surface area contributed by atoms with Gasteiger partial charge in [0.25, 0.3) is 5.91 Å². The van der Waals surface area contributed by atoms with Crippen LogP contribution in [0.1, 0.15) is 40.5 Å². The number of methoxy groups -OCH3 is 1. The number of aromatic hydroxyl groups is 1. The standard InChI is InChI=1S/C19H24N2O5/c1-3-8-20-19(24)17-18(23)16(10-22)14(9-21-17)12-26-11-13-4-6-15(25-2)7-5-13/h4-7,9,22-23H,3,8,10-12H2,1-2H3,(H,20,24). The Morgan fingerprint density at radius 2 is 1.96 bits per heavy atom. The average molecular weight is 360 g/mol.